The molecular formula is C15H16N4O2. The van der Waals surface area contributed by atoms with Gasteiger partial charge in [0, 0.05) is 12.0 Å². The molecule has 0 spiro atoms. The van der Waals surface area contributed by atoms with Crippen molar-refractivity contribution in [3.63, 3.8) is 0 Å². The summed E-state index contributed by atoms with van der Waals surface area (Å²) in [6.45, 7) is 1.96. The Hall–Kier alpha value is -2.63. The molecule has 3 N–H and O–H groups in total. The molecule has 1 unspecified atom stereocenters. The van der Waals surface area contributed by atoms with Crippen LogP contribution in [0.2, 0.25) is 0 Å². The van der Waals surface area contributed by atoms with Crippen LogP contribution in [0.4, 0.5) is 5.82 Å². The van der Waals surface area contributed by atoms with Gasteiger partial charge in [0.1, 0.15) is 5.82 Å². The molecule has 1 aliphatic heterocycles. The lowest BCUT2D eigenvalue weighted by atomic mass is 9.81. The second kappa shape index (κ2) is 4.73. The monoisotopic (exact) mass is 284 g/mol. The molecule has 0 bridgehead atoms. The normalized spacial score (nSPS) is 22.0. The van der Waals surface area contributed by atoms with Gasteiger partial charge in [-0.05, 0) is 12.5 Å². The molecule has 21 heavy (non-hydrogen) atoms. The van der Waals surface area contributed by atoms with Crippen molar-refractivity contribution in [2.45, 2.75) is 25.3 Å². The molecule has 1 saturated heterocycles. The number of hydrogen-bond acceptors (Lipinski definition) is 4. The molecule has 6 nitrogen and oxygen atoms in total. The average molecular weight is 284 g/mol. The summed E-state index contributed by atoms with van der Waals surface area (Å²) in [5, 5.41) is 6.41. The molecule has 1 atom stereocenters. The minimum absolute atomic E-state index is 0.155. The van der Waals surface area contributed by atoms with Gasteiger partial charge in [-0.15, -0.1) is 0 Å². The number of nitrogens with zero attached hydrogens (tertiary/aromatic N) is 2. The molecule has 0 saturated carbocycles. The zero-order valence-electron chi connectivity index (χ0n) is 11.7. The molecule has 1 aromatic carbocycles. The van der Waals surface area contributed by atoms with Crippen molar-refractivity contribution in [2.24, 2.45) is 0 Å². The van der Waals surface area contributed by atoms with Gasteiger partial charge >= 0.3 is 0 Å². The standard InChI is InChI=1S/C15H16N4O2/c1-15(11-5-3-2-4-6-11)7-12(20)19(14(15)21)9-10-8-17-18-13(10)16/h2-6,8H,7,9H2,1H3,(H3,16,17,18). The maximum absolute atomic E-state index is 12.7. The van der Waals surface area contributed by atoms with Gasteiger partial charge in [-0.3, -0.25) is 19.6 Å². The van der Waals surface area contributed by atoms with Crippen LogP contribution in [0.3, 0.4) is 0 Å². The van der Waals surface area contributed by atoms with E-state index in [4.69, 9.17) is 5.73 Å². The maximum atomic E-state index is 12.7. The van der Waals surface area contributed by atoms with E-state index < -0.39 is 5.41 Å². The first-order chi connectivity index (χ1) is 10.0. The zero-order chi connectivity index (χ0) is 15.0. The number of carbonyl (C=O) groups is 2. The average Bonchev–Trinajstić information content (AvgIpc) is 2.98. The second-order valence-corrected chi connectivity index (χ2v) is 5.47. The lowest BCUT2D eigenvalue weighted by molar-refractivity contribution is -0.140. The van der Waals surface area contributed by atoms with Crippen LogP contribution in [-0.4, -0.2) is 26.9 Å². The van der Waals surface area contributed by atoms with Gasteiger partial charge in [-0.25, -0.2) is 0 Å². The number of likely N-dealkylation sites (tertiary alicyclic amines) is 1. The van der Waals surface area contributed by atoms with Gasteiger partial charge in [0.15, 0.2) is 0 Å². The van der Waals surface area contributed by atoms with Crippen molar-refractivity contribution in [1.29, 1.82) is 0 Å². The number of nitrogens with two attached hydrogens (primary N) is 1. The van der Waals surface area contributed by atoms with E-state index in [9.17, 15) is 9.59 Å². The van der Waals surface area contributed by atoms with Crippen LogP contribution in [0.25, 0.3) is 0 Å². The summed E-state index contributed by atoms with van der Waals surface area (Å²) in [4.78, 5) is 26.2. The van der Waals surface area contributed by atoms with Crippen LogP contribution >= 0.6 is 0 Å². The highest BCUT2D eigenvalue weighted by Gasteiger charge is 2.49. The maximum Gasteiger partial charge on any atom is 0.240 e. The van der Waals surface area contributed by atoms with Gasteiger partial charge in [0.25, 0.3) is 0 Å². The van der Waals surface area contributed by atoms with E-state index in [0.717, 1.165) is 5.56 Å². The van der Waals surface area contributed by atoms with E-state index in [1.807, 2.05) is 30.3 Å². The van der Waals surface area contributed by atoms with Crippen molar-refractivity contribution in [3.8, 4) is 0 Å². The van der Waals surface area contributed by atoms with Crippen LogP contribution in [0.15, 0.2) is 36.5 Å². The first-order valence-electron chi connectivity index (χ1n) is 6.70. The summed E-state index contributed by atoms with van der Waals surface area (Å²) < 4.78 is 0. The number of anilines is 1. The largest absolute Gasteiger partial charge is 0.384 e. The van der Waals surface area contributed by atoms with E-state index in [1.165, 1.54) is 11.1 Å². The molecule has 0 aliphatic carbocycles. The van der Waals surface area contributed by atoms with E-state index in [0.29, 0.717) is 11.4 Å². The summed E-state index contributed by atoms with van der Waals surface area (Å²) in [5.41, 5.74) is 6.41. The number of imide groups is 1. The van der Waals surface area contributed by atoms with Crippen LogP contribution < -0.4 is 5.73 Å². The lowest BCUT2D eigenvalue weighted by Gasteiger charge is -2.22. The quantitative estimate of drug-likeness (QED) is 0.829. The summed E-state index contributed by atoms with van der Waals surface area (Å²) in [6.07, 6.45) is 1.71. The molecular weight excluding hydrogens is 268 g/mol. The summed E-state index contributed by atoms with van der Waals surface area (Å²) >= 11 is 0. The fourth-order valence-corrected chi connectivity index (χ4v) is 2.69. The van der Waals surface area contributed by atoms with E-state index in [-0.39, 0.29) is 24.8 Å². The van der Waals surface area contributed by atoms with E-state index >= 15 is 0 Å². The third-order valence-electron chi connectivity index (χ3n) is 4.01. The van der Waals surface area contributed by atoms with Crippen molar-refractivity contribution >= 4 is 17.6 Å². The minimum Gasteiger partial charge on any atom is -0.384 e. The number of hydrogen-bond donors (Lipinski definition) is 2. The molecule has 108 valence electrons. The van der Waals surface area contributed by atoms with Crippen molar-refractivity contribution in [2.75, 3.05) is 5.73 Å². The van der Waals surface area contributed by atoms with Crippen molar-refractivity contribution < 1.29 is 9.59 Å². The number of carbonyl (C=O) groups excluding carboxylic acids is 2. The number of aromatic nitrogens is 2. The molecule has 1 fully saturated rings. The Morgan fingerprint density at radius 2 is 2.05 bits per heavy atom. The predicted molar refractivity (Wildman–Crippen MR) is 77.0 cm³/mol. The molecule has 2 heterocycles. The molecule has 0 radical (unpaired) electrons. The first kappa shape index (κ1) is 13.4. The SMILES string of the molecule is CC1(c2ccccc2)CC(=O)N(Cc2cn[nH]c2N)C1=O. The Bertz CT molecular complexity index is 695. The highest BCUT2D eigenvalue weighted by atomic mass is 16.2. The lowest BCUT2D eigenvalue weighted by Crippen LogP contribution is -2.36. The third-order valence-corrected chi connectivity index (χ3v) is 4.01. The molecule has 2 amide bonds. The highest BCUT2D eigenvalue weighted by molar-refractivity contribution is 6.08. The number of amides is 2. The fraction of sp³-hybridized carbons (Fsp3) is 0.267. The van der Waals surface area contributed by atoms with Crippen molar-refractivity contribution in [1.82, 2.24) is 15.1 Å². The molecule has 1 aliphatic rings. The first-order valence-corrected chi connectivity index (χ1v) is 6.70. The third kappa shape index (κ3) is 2.08. The topological polar surface area (TPSA) is 92.1 Å². The van der Waals surface area contributed by atoms with Gasteiger partial charge in [-0.1, -0.05) is 30.3 Å². The fourth-order valence-electron chi connectivity index (χ4n) is 2.69. The number of rotatable bonds is 3. The van der Waals surface area contributed by atoms with Crippen LogP contribution in [0.1, 0.15) is 24.5 Å². The highest BCUT2D eigenvalue weighted by Crippen LogP contribution is 2.37. The van der Waals surface area contributed by atoms with E-state index in [2.05, 4.69) is 10.2 Å². The number of benzene rings is 1. The number of aromatic amines is 1. The van der Waals surface area contributed by atoms with Crippen molar-refractivity contribution in [3.05, 3.63) is 47.7 Å². The molecule has 6 heteroatoms. The molecule has 1 aromatic heterocycles. The Balaban J connectivity index is 1.91. The number of H-pyrrole nitrogens is 1. The number of nitrogen functional groups attached to an aromatic ring is 1. The molecule has 2 aromatic rings. The van der Waals surface area contributed by atoms with E-state index in [1.54, 1.807) is 6.92 Å². The van der Waals surface area contributed by atoms with Crippen LogP contribution in [0.5, 0.6) is 0 Å². The summed E-state index contributed by atoms with van der Waals surface area (Å²) in [6, 6.07) is 9.38. The van der Waals surface area contributed by atoms with Gasteiger partial charge in [0.2, 0.25) is 11.8 Å². The molecule has 3 rings (SSSR count). The van der Waals surface area contributed by atoms with Gasteiger partial charge in [-0.2, -0.15) is 5.10 Å². The van der Waals surface area contributed by atoms with Gasteiger partial charge < -0.3 is 5.73 Å². The predicted octanol–water partition coefficient (Wildman–Crippen LogP) is 1.21. The van der Waals surface area contributed by atoms with Gasteiger partial charge in [0.05, 0.1) is 18.2 Å². The van der Waals surface area contributed by atoms with Crippen LogP contribution in [-0.2, 0) is 21.5 Å². The minimum atomic E-state index is -0.809. The summed E-state index contributed by atoms with van der Waals surface area (Å²) in [7, 11) is 0. The smallest absolute Gasteiger partial charge is 0.240 e. The second-order valence-electron chi connectivity index (χ2n) is 5.47. The Morgan fingerprint density at radius 3 is 2.67 bits per heavy atom. The summed E-state index contributed by atoms with van der Waals surface area (Å²) in [5.74, 6) is -0.00447. The Morgan fingerprint density at radius 1 is 1.33 bits per heavy atom. The Labute approximate surface area is 121 Å². The number of nitrogens with one attached hydrogen (secondary N) is 1. The zero-order valence-corrected chi connectivity index (χ0v) is 11.7. The Kier molecular flexibility index (Phi) is 3.01. The van der Waals surface area contributed by atoms with Crippen LogP contribution in [0, 0.1) is 0 Å².